The topological polar surface area (TPSA) is 54.6 Å². The molecular weight excluding hydrogens is 222 g/mol. The first kappa shape index (κ1) is 10.5. The third-order valence-electron chi connectivity index (χ3n) is 2.69. The average molecular weight is 233 g/mol. The largest absolute Gasteiger partial charge is 0.618 e. The van der Waals surface area contributed by atoms with Gasteiger partial charge < -0.3 is 19.4 Å². The van der Waals surface area contributed by atoms with E-state index in [0.717, 1.165) is 15.5 Å². The van der Waals surface area contributed by atoms with Crippen molar-refractivity contribution in [3.63, 3.8) is 0 Å². The lowest BCUT2D eigenvalue weighted by Crippen LogP contribution is -2.36. The molecule has 2 aromatic rings. The Morgan fingerprint density at radius 1 is 1.12 bits per heavy atom. The predicted octanol–water partition coefficient (Wildman–Crippen LogP) is 1.45. The minimum absolute atomic E-state index is 0.133. The molecule has 1 fully saturated rings. The van der Waals surface area contributed by atoms with Gasteiger partial charge in [-0.15, -0.1) is 0 Å². The Morgan fingerprint density at radius 2 is 1.88 bits per heavy atom. The van der Waals surface area contributed by atoms with Crippen LogP contribution in [0.3, 0.4) is 0 Å². The van der Waals surface area contributed by atoms with E-state index >= 15 is 0 Å². The third-order valence-corrected chi connectivity index (χ3v) is 2.69. The van der Waals surface area contributed by atoms with Crippen LogP contribution < -0.4 is 4.73 Å². The van der Waals surface area contributed by atoms with Crippen LogP contribution in [0.2, 0.25) is 0 Å². The summed E-state index contributed by atoms with van der Waals surface area (Å²) in [6.45, 7) is 0.266. The first-order chi connectivity index (χ1) is 8.36. The molecule has 0 spiro atoms. The van der Waals surface area contributed by atoms with Crippen LogP contribution in [0.4, 0.5) is 0 Å². The van der Waals surface area contributed by atoms with E-state index in [0.29, 0.717) is 5.69 Å². The second kappa shape index (κ2) is 4.29. The van der Waals surface area contributed by atoms with Crippen LogP contribution in [0.25, 0.3) is 10.8 Å². The van der Waals surface area contributed by atoms with Crippen LogP contribution in [0.15, 0.2) is 36.5 Å². The molecule has 1 saturated heterocycles. The van der Waals surface area contributed by atoms with Gasteiger partial charge in [0.05, 0.1) is 5.39 Å². The third kappa shape index (κ3) is 1.84. The Balaban J connectivity index is 2.15. The van der Waals surface area contributed by atoms with E-state index in [4.69, 9.17) is 14.2 Å². The van der Waals surface area contributed by atoms with E-state index in [1.165, 1.54) is 6.20 Å². The van der Waals surface area contributed by atoms with Crippen LogP contribution in [0, 0.1) is 5.21 Å². The average Bonchev–Trinajstić information content (AvgIpc) is 2.39. The highest BCUT2D eigenvalue weighted by Crippen LogP contribution is 2.25. The number of ether oxygens (including phenoxy) is 3. The van der Waals surface area contributed by atoms with E-state index in [1.807, 2.05) is 24.3 Å². The van der Waals surface area contributed by atoms with Crippen molar-refractivity contribution in [2.24, 2.45) is 0 Å². The van der Waals surface area contributed by atoms with Gasteiger partial charge in [-0.25, -0.2) is 0 Å². The van der Waals surface area contributed by atoms with Gasteiger partial charge in [-0.3, -0.25) is 0 Å². The van der Waals surface area contributed by atoms with Crippen LogP contribution in [0.5, 0.6) is 0 Å². The molecule has 0 atom stereocenters. The molecule has 2 heterocycles. The lowest BCUT2D eigenvalue weighted by molar-refractivity contribution is -0.624. The highest BCUT2D eigenvalue weighted by Gasteiger charge is 2.27. The van der Waals surface area contributed by atoms with Gasteiger partial charge in [-0.1, -0.05) is 18.2 Å². The molecule has 1 aromatic carbocycles. The summed E-state index contributed by atoms with van der Waals surface area (Å²) in [5, 5.41) is 13.7. The van der Waals surface area contributed by atoms with Crippen molar-refractivity contribution in [3.05, 3.63) is 47.4 Å². The van der Waals surface area contributed by atoms with E-state index in [2.05, 4.69) is 0 Å². The summed E-state index contributed by atoms with van der Waals surface area (Å²) < 4.78 is 16.3. The molecule has 0 radical (unpaired) electrons. The molecule has 0 amide bonds. The van der Waals surface area contributed by atoms with Crippen molar-refractivity contribution in [1.82, 2.24) is 0 Å². The number of aromatic nitrogens is 1. The maximum atomic E-state index is 11.8. The van der Waals surface area contributed by atoms with E-state index in [1.54, 1.807) is 6.07 Å². The van der Waals surface area contributed by atoms with Gasteiger partial charge in [0.15, 0.2) is 19.8 Å². The van der Waals surface area contributed by atoms with Crippen molar-refractivity contribution >= 4 is 10.8 Å². The summed E-state index contributed by atoms with van der Waals surface area (Å²) in [5.41, 5.74) is 0.464. The van der Waals surface area contributed by atoms with Gasteiger partial charge in [0.1, 0.15) is 0 Å². The van der Waals surface area contributed by atoms with E-state index < -0.39 is 6.29 Å². The summed E-state index contributed by atoms with van der Waals surface area (Å²) in [7, 11) is 0. The lowest BCUT2D eigenvalue weighted by atomic mass is 10.1. The van der Waals surface area contributed by atoms with Crippen LogP contribution in [0.1, 0.15) is 12.0 Å². The lowest BCUT2D eigenvalue weighted by Gasteiger charge is -2.22. The number of hydrogen-bond acceptors (Lipinski definition) is 4. The molecule has 1 aliphatic rings. The molecule has 1 aromatic heterocycles. The first-order valence-corrected chi connectivity index (χ1v) is 5.28. The molecule has 17 heavy (non-hydrogen) atoms. The van der Waals surface area contributed by atoms with Crippen LogP contribution in [-0.2, 0) is 14.2 Å². The first-order valence-electron chi connectivity index (χ1n) is 5.28. The predicted molar refractivity (Wildman–Crippen MR) is 58.6 cm³/mol. The Labute approximate surface area is 97.7 Å². The van der Waals surface area contributed by atoms with Gasteiger partial charge in [0, 0.05) is 6.07 Å². The molecule has 1 aliphatic heterocycles. The van der Waals surface area contributed by atoms with Crippen molar-refractivity contribution < 1.29 is 18.9 Å². The molecule has 3 rings (SSSR count). The van der Waals surface area contributed by atoms with Crippen molar-refractivity contribution in [1.29, 1.82) is 0 Å². The van der Waals surface area contributed by atoms with Gasteiger partial charge in [-0.05, 0) is 11.5 Å². The Kier molecular flexibility index (Phi) is 2.64. The second-order valence-corrected chi connectivity index (χ2v) is 3.72. The smallest absolute Gasteiger partial charge is 0.257 e. The van der Waals surface area contributed by atoms with Gasteiger partial charge in [-0.2, -0.15) is 4.73 Å². The summed E-state index contributed by atoms with van der Waals surface area (Å²) in [6.07, 6.45) is 0.784. The zero-order valence-electron chi connectivity index (χ0n) is 9.04. The quantitative estimate of drug-likeness (QED) is 0.552. The number of rotatable bonds is 1. The van der Waals surface area contributed by atoms with Crippen molar-refractivity contribution in [2.45, 2.75) is 6.29 Å². The summed E-state index contributed by atoms with van der Waals surface area (Å²) in [4.78, 5) is 0. The second-order valence-electron chi connectivity index (χ2n) is 3.72. The summed E-state index contributed by atoms with van der Waals surface area (Å²) >= 11 is 0. The number of pyridine rings is 1. The standard InChI is InChI=1S/C12H11NO4/c14-13-6-5-9-3-1-2-4-10(9)11(13)12-16-7-15-8-17-12/h1-6,12H,7-8H2. The molecule has 0 unspecified atom stereocenters. The van der Waals surface area contributed by atoms with Crippen LogP contribution in [-0.4, -0.2) is 13.6 Å². The maximum absolute atomic E-state index is 11.8. The molecule has 5 heteroatoms. The monoisotopic (exact) mass is 233 g/mol. The van der Waals surface area contributed by atoms with Gasteiger partial charge in [0.25, 0.3) is 12.0 Å². The Bertz CT molecular complexity index is 537. The Hall–Kier alpha value is -1.69. The number of fused-ring (bicyclic) bond motifs is 1. The zero-order valence-corrected chi connectivity index (χ0v) is 9.04. The van der Waals surface area contributed by atoms with Crippen molar-refractivity contribution in [2.75, 3.05) is 13.6 Å². The highest BCUT2D eigenvalue weighted by atomic mass is 16.8. The molecular formula is C12H11NO4. The van der Waals surface area contributed by atoms with Crippen LogP contribution >= 0.6 is 0 Å². The molecule has 0 aliphatic carbocycles. The van der Waals surface area contributed by atoms with Gasteiger partial charge >= 0.3 is 0 Å². The number of hydrogen-bond donors (Lipinski definition) is 0. The van der Waals surface area contributed by atoms with Crippen molar-refractivity contribution in [3.8, 4) is 0 Å². The normalized spacial score (nSPS) is 17.4. The minimum Gasteiger partial charge on any atom is -0.618 e. The fourth-order valence-electron chi connectivity index (χ4n) is 1.91. The fourth-order valence-corrected chi connectivity index (χ4v) is 1.91. The molecule has 5 nitrogen and oxygen atoms in total. The maximum Gasteiger partial charge on any atom is 0.257 e. The molecule has 0 bridgehead atoms. The molecule has 88 valence electrons. The molecule has 0 N–H and O–H groups in total. The van der Waals surface area contributed by atoms with E-state index in [9.17, 15) is 5.21 Å². The number of benzene rings is 1. The zero-order chi connectivity index (χ0) is 11.7. The van der Waals surface area contributed by atoms with Gasteiger partial charge in [0.2, 0.25) is 0 Å². The Morgan fingerprint density at radius 3 is 2.71 bits per heavy atom. The fraction of sp³-hybridized carbons (Fsp3) is 0.250. The highest BCUT2D eigenvalue weighted by molar-refractivity contribution is 5.83. The summed E-state index contributed by atoms with van der Waals surface area (Å²) in [5.74, 6) is 0. The SMILES string of the molecule is [O-][n+]1ccc2ccccc2c1C1OCOCO1. The molecule has 0 saturated carbocycles. The van der Waals surface area contributed by atoms with E-state index in [-0.39, 0.29) is 13.6 Å². The number of nitrogens with zero attached hydrogens (tertiary/aromatic N) is 1. The minimum atomic E-state index is -0.674. The summed E-state index contributed by atoms with van der Waals surface area (Å²) in [6, 6.07) is 9.39.